The highest BCUT2D eigenvalue weighted by atomic mass is 35.5. The molecule has 2 aromatic rings. The molecule has 2 rings (SSSR count). The minimum Gasteiger partial charge on any atom is -0.481 e. The van der Waals surface area contributed by atoms with Crippen LogP contribution in [0.5, 0.6) is 0 Å². The fraction of sp³-hybridized carbons (Fsp3) is 0.300. The number of aliphatic carboxylic acids is 1. The summed E-state index contributed by atoms with van der Waals surface area (Å²) in [7, 11) is 0. The lowest BCUT2D eigenvalue weighted by molar-refractivity contribution is -0.146. The summed E-state index contributed by atoms with van der Waals surface area (Å²) in [6.07, 6.45) is -5.85. The molecule has 1 atom stereocenters. The van der Waals surface area contributed by atoms with E-state index in [9.17, 15) is 22.8 Å². The summed E-state index contributed by atoms with van der Waals surface area (Å²) in [5.41, 5.74) is 1.38. The molecular formula is C20H18Cl2F3NO3. The number of rotatable bonds is 7. The SMILES string of the molecule is Cc1cc(Cl)ccc1[C@H](CC(F)(F)F)C(=O)Nc1cc(CCC(=O)O)ccc1Cl. The maximum atomic E-state index is 13.1. The molecule has 0 aliphatic rings. The molecule has 0 saturated carbocycles. The molecule has 2 aromatic carbocycles. The van der Waals surface area contributed by atoms with Crippen LogP contribution in [0.25, 0.3) is 0 Å². The first-order valence-corrected chi connectivity index (χ1v) is 9.36. The van der Waals surface area contributed by atoms with Crippen molar-refractivity contribution in [3.63, 3.8) is 0 Å². The smallest absolute Gasteiger partial charge is 0.390 e. The van der Waals surface area contributed by atoms with Crippen molar-refractivity contribution < 1.29 is 27.9 Å². The molecule has 0 fully saturated rings. The fourth-order valence-corrected chi connectivity index (χ4v) is 3.29. The van der Waals surface area contributed by atoms with Crippen LogP contribution < -0.4 is 5.32 Å². The van der Waals surface area contributed by atoms with Crippen LogP contribution in [-0.2, 0) is 16.0 Å². The van der Waals surface area contributed by atoms with Crippen molar-refractivity contribution in [1.29, 1.82) is 0 Å². The standard InChI is InChI=1S/C20H18Cl2F3NO3/c1-11-8-13(21)4-5-14(11)15(10-20(23,24)25)19(29)26-17-9-12(2-6-16(17)22)3-7-18(27)28/h2,4-6,8-9,15H,3,7,10H2,1H3,(H,26,29)(H,27,28)/t15-/m0/s1. The molecule has 0 saturated heterocycles. The van der Waals surface area contributed by atoms with Gasteiger partial charge >= 0.3 is 12.1 Å². The second-order valence-corrected chi connectivity index (χ2v) is 7.41. The molecule has 0 aliphatic heterocycles. The molecule has 0 heterocycles. The minimum absolute atomic E-state index is 0.123. The van der Waals surface area contributed by atoms with Crippen LogP contribution in [0.15, 0.2) is 36.4 Å². The van der Waals surface area contributed by atoms with Gasteiger partial charge in [0.15, 0.2) is 0 Å². The number of carboxylic acids is 1. The third-order valence-electron chi connectivity index (χ3n) is 4.28. The molecular weight excluding hydrogens is 430 g/mol. The molecule has 4 nitrogen and oxygen atoms in total. The fourth-order valence-electron chi connectivity index (χ4n) is 2.90. The van der Waals surface area contributed by atoms with E-state index in [4.69, 9.17) is 28.3 Å². The second kappa shape index (κ2) is 9.50. The number of benzene rings is 2. The topological polar surface area (TPSA) is 66.4 Å². The van der Waals surface area contributed by atoms with Gasteiger partial charge in [0, 0.05) is 11.4 Å². The van der Waals surface area contributed by atoms with Crippen LogP contribution in [0.3, 0.4) is 0 Å². The Morgan fingerprint density at radius 1 is 1.14 bits per heavy atom. The number of hydrogen-bond acceptors (Lipinski definition) is 2. The molecule has 29 heavy (non-hydrogen) atoms. The summed E-state index contributed by atoms with van der Waals surface area (Å²) in [6, 6.07) is 8.84. The number of carboxylic acid groups (broad SMARTS) is 1. The van der Waals surface area contributed by atoms with Gasteiger partial charge < -0.3 is 10.4 Å². The Kier molecular flexibility index (Phi) is 7.54. The van der Waals surface area contributed by atoms with Crippen LogP contribution in [-0.4, -0.2) is 23.2 Å². The zero-order valence-electron chi connectivity index (χ0n) is 15.3. The Morgan fingerprint density at radius 2 is 1.83 bits per heavy atom. The van der Waals surface area contributed by atoms with Crippen molar-refractivity contribution in [3.05, 3.63) is 63.1 Å². The van der Waals surface area contributed by atoms with E-state index in [0.29, 0.717) is 16.1 Å². The summed E-state index contributed by atoms with van der Waals surface area (Å²) < 4.78 is 39.4. The van der Waals surface area contributed by atoms with Gasteiger partial charge in [-0.15, -0.1) is 0 Å². The monoisotopic (exact) mass is 447 g/mol. The third-order valence-corrected chi connectivity index (χ3v) is 4.84. The molecule has 0 spiro atoms. The molecule has 9 heteroatoms. The molecule has 0 aliphatic carbocycles. The number of halogens is 5. The van der Waals surface area contributed by atoms with Crippen molar-refractivity contribution in [1.82, 2.24) is 0 Å². The lowest BCUT2D eigenvalue weighted by Crippen LogP contribution is -2.27. The Balaban J connectivity index is 2.32. The van der Waals surface area contributed by atoms with Gasteiger partial charge in [0.2, 0.25) is 5.91 Å². The number of alkyl halides is 3. The van der Waals surface area contributed by atoms with E-state index in [-0.39, 0.29) is 29.1 Å². The highest BCUT2D eigenvalue weighted by Crippen LogP contribution is 2.35. The number of carbonyl (C=O) groups is 2. The van der Waals surface area contributed by atoms with Crippen molar-refractivity contribution in [3.8, 4) is 0 Å². The number of nitrogens with one attached hydrogen (secondary N) is 1. The summed E-state index contributed by atoms with van der Waals surface area (Å²) in [5, 5.41) is 11.7. The van der Waals surface area contributed by atoms with E-state index in [0.717, 1.165) is 0 Å². The van der Waals surface area contributed by atoms with Crippen LogP contribution >= 0.6 is 23.2 Å². The van der Waals surface area contributed by atoms with Gasteiger partial charge in [-0.1, -0.05) is 35.3 Å². The highest BCUT2D eigenvalue weighted by molar-refractivity contribution is 6.33. The van der Waals surface area contributed by atoms with E-state index < -0.39 is 30.4 Å². The Morgan fingerprint density at radius 3 is 2.41 bits per heavy atom. The predicted molar refractivity (Wildman–Crippen MR) is 106 cm³/mol. The van der Waals surface area contributed by atoms with Crippen LogP contribution in [0.2, 0.25) is 10.0 Å². The van der Waals surface area contributed by atoms with Gasteiger partial charge in [-0.05, 0) is 54.3 Å². The lowest BCUT2D eigenvalue weighted by Gasteiger charge is -2.21. The first kappa shape index (κ1) is 23.0. The Hall–Kier alpha value is -2.25. The van der Waals surface area contributed by atoms with Crippen LogP contribution in [0, 0.1) is 6.92 Å². The van der Waals surface area contributed by atoms with Gasteiger partial charge in [-0.2, -0.15) is 13.2 Å². The largest absolute Gasteiger partial charge is 0.481 e. The van der Waals surface area contributed by atoms with Crippen molar-refractivity contribution in [2.45, 2.75) is 38.3 Å². The van der Waals surface area contributed by atoms with Gasteiger partial charge in [0.25, 0.3) is 0 Å². The van der Waals surface area contributed by atoms with Crippen molar-refractivity contribution in [2.75, 3.05) is 5.32 Å². The summed E-state index contributed by atoms with van der Waals surface area (Å²) >= 11 is 11.9. The molecule has 156 valence electrons. The third kappa shape index (κ3) is 6.94. The molecule has 0 aromatic heterocycles. The minimum atomic E-state index is -4.57. The van der Waals surface area contributed by atoms with E-state index in [2.05, 4.69) is 5.32 Å². The zero-order chi connectivity index (χ0) is 21.8. The summed E-state index contributed by atoms with van der Waals surface area (Å²) in [6.45, 7) is 1.58. The highest BCUT2D eigenvalue weighted by Gasteiger charge is 2.37. The molecule has 1 amide bonds. The Bertz CT molecular complexity index is 916. The van der Waals surface area contributed by atoms with Crippen molar-refractivity contribution >= 4 is 40.8 Å². The predicted octanol–water partition coefficient (Wildman–Crippen LogP) is 5.99. The first-order chi connectivity index (χ1) is 13.5. The van der Waals surface area contributed by atoms with E-state index >= 15 is 0 Å². The normalized spacial score (nSPS) is 12.5. The van der Waals surface area contributed by atoms with Gasteiger partial charge in [-0.25, -0.2) is 0 Å². The Labute approximate surface area is 175 Å². The first-order valence-electron chi connectivity index (χ1n) is 8.60. The number of carbonyl (C=O) groups excluding carboxylic acids is 1. The van der Waals surface area contributed by atoms with Crippen LogP contribution in [0.1, 0.15) is 35.4 Å². The van der Waals surface area contributed by atoms with Gasteiger partial charge in [-0.3, -0.25) is 9.59 Å². The quantitative estimate of drug-likeness (QED) is 0.547. The number of amides is 1. The maximum Gasteiger partial charge on any atom is 0.390 e. The number of anilines is 1. The molecule has 0 radical (unpaired) electrons. The summed E-state index contributed by atoms with van der Waals surface area (Å²) in [4.78, 5) is 23.5. The van der Waals surface area contributed by atoms with Gasteiger partial charge in [0.1, 0.15) is 0 Å². The molecule has 0 bridgehead atoms. The zero-order valence-corrected chi connectivity index (χ0v) is 16.8. The summed E-state index contributed by atoms with van der Waals surface area (Å²) in [5.74, 6) is -3.36. The van der Waals surface area contributed by atoms with E-state index in [1.54, 1.807) is 13.0 Å². The van der Waals surface area contributed by atoms with E-state index in [1.165, 1.54) is 30.3 Å². The van der Waals surface area contributed by atoms with Crippen molar-refractivity contribution in [2.24, 2.45) is 0 Å². The van der Waals surface area contributed by atoms with Crippen LogP contribution in [0.4, 0.5) is 18.9 Å². The number of hydrogen-bond donors (Lipinski definition) is 2. The van der Waals surface area contributed by atoms with E-state index in [1.807, 2.05) is 0 Å². The van der Waals surface area contributed by atoms with Gasteiger partial charge in [0.05, 0.1) is 23.0 Å². The molecule has 2 N–H and O–H groups in total. The lowest BCUT2D eigenvalue weighted by atomic mass is 9.91. The second-order valence-electron chi connectivity index (χ2n) is 6.57. The molecule has 0 unspecified atom stereocenters. The average Bonchev–Trinajstić information content (AvgIpc) is 2.60. The number of aryl methyl sites for hydroxylation is 2. The maximum absolute atomic E-state index is 13.1. The average molecular weight is 448 g/mol.